The predicted octanol–water partition coefficient (Wildman–Crippen LogP) is 8.77. The molecule has 1 heterocycles. The fourth-order valence-corrected chi connectivity index (χ4v) is 6.06. The van der Waals surface area contributed by atoms with Crippen molar-refractivity contribution in [2.24, 2.45) is 5.92 Å². The first kappa shape index (κ1) is 36.1. The van der Waals surface area contributed by atoms with E-state index in [1.807, 2.05) is 18.2 Å². The minimum Gasteiger partial charge on any atom is -0.508 e. The number of hydrogen-bond acceptors (Lipinski definition) is 6. The Bertz CT molecular complexity index is 1260. The summed E-state index contributed by atoms with van der Waals surface area (Å²) in [6, 6.07) is 12.3. The third kappa shape index (κ3) is 9.56. The quantitative estimate of drug-likeness (QED) is 0.0776. The largest absolute Gasteiger partial charge is 0.508 e. The first-order chi connectivity index (χ1) is 21.2. The molecular weight excluding hydrogens is 599 g/mol. The fraction of sp³-hybridized carbons (Fsp3) is 0.588. The molecule has 3 atom stereocenters. The van der Waals surface area contributed by atoms with E-state index in [4.69, 9.17) is 9.47 Å². The van der Waals surface area contributed by atoms with Gasteiger partial charge in [0.05, 0.1) is 13.2 Å². The van der Waals surface area contributed by atoms with E-state index >= 15 is 0 Å². The number of carbonyl (C=O) groups excluding carboxylic acids is 2. The molecule has 0 saturated carbocycles. The van der Waals surface area contributed by atoms with Crippen LogP contribution >= 0.6 is 0 Å². The molecule has 1 aliphatic heterocycles. The lowest BCUT2D eigenvalue weighted by atomic mass is 9.66. The molecule has 0 saturated heterocycles. The molecule has 6 nitrogen and oxygen atoms in total. The van der Waals surface area contributed by atoms with Crippen LogP contribution in [0.4, 0.5) is 22.0 Å². The zero-order valence-corrected chi connectivity index (χ0v) is 25.8. The van der Waals surface area contributed by atoms with Crippen LogP contribution in [0.25, 0.3) is 0 Å². The Labute approximate surface area is 260 Å². The molecule has 3 unspecified atom stereocenters. The maximum absolute atomic E-state index is 13.3. The van der Waals surface area contributed by atoms with Crippen LogP contribution in [0.3, 0.4) is 0 Å². The van der Waals surface area contributed by atoms with Gasteiger partial charge in [-0.1, -0.05) is 57.2 Å². The summed E-state index contributed by atoms with van der Waals surface area (Å²) < 4.78 is 74.9. The van der Waals surface area contributed by atoms with E-state index in [1.165, 1.54) is 6.92 Å². The number of phenols is 2. The number of alkyl halides is 5. The minimum atomic E-state index is -5.68. The third-order valence-corrected chi connectivity index (χ3v) is 8.72. The number of rotatable bonds is 17. The first-order valence-corrected chi connectivity index (χ1v) is 15.6. The Morgan fingerprint density at radius 3 is 2.20 bits per heavy atom. The van der Waals surface area contributed by atoms with E-state index < -0.39 is 49.0 Å². The van der Waals surface area contributed by atoms with Crippen molar-refractivity contribution in [1.29, 1.82) is 0 Å². The Morgan fingerprint density at radius 1 is 0.933 bits per heavy atom. The lowest BCUT2D eigenvalue weighted by Crippen LogP contribution is -2.40. The Morgan fingerprint density at radius 2 is 1.56 bits per heavy atom. The van der Waals surface area contributed by atoms with Crippen molar-refractivity contribution in [2.75, 3.05) is 13.2 Å². The lowest BCUT2D eigenvalue weighted by Gasteiger charge is -2.43. The van der Waals surface area contributed by atoms with Gasteiger partial charge in [0.15, 0.2) is 0 Å². The SMILES string of the molecule is CCOC(=O)C(CCCC(F)(F)C(F)(F)F)C(=O)CCCCCCCCC1c2ccc(O)cc2OCC1(C)c1ccc(O)cc1. The monoisotopic (exact) mass is 642 g/mol. The number of unbranched alkanes of at least 4 members (excludes halogenated alkanes) is 5. The molecule has 2 N–H and O–H groups in total. The molecule has 0 bridgehead atoms. The van der Waals surface area contributed by atoms with Crippen LogP contribution in [0.2, 0.25) is 0 Å². The van der Waals surface area contributed by atoms with Gasteiger partial charge in [0.2, 0.25) is 0 Å². The summed E-state index contributed by atoms with van der Waals surface area (Å²) in [5.74, 6) is -6.52. The van der Waals surface area contributed by atoms with Crippen molar-refractivity contribution in [3.8, 4) is 17.2 Å². The number of carbonyl (C=O) groups is 2. The normalized spacial score (nSPS) is 19.0. The second kappa shape index (κ2) is 15.8. The van der Waals surface area contributed by atoms with Crippen molar-refractivity contribution in [3.05, 3.63) is 53.6 Å². The molecular formula is C34H43F5O6. The van der Waals surface area contributed by atoms with Gasteiger partial charge in [0.1, 0.15) is 28.9 Å². The highest BCUT2D eigenvalue weighted by Crippen LogP contribution is 2.50. The fourth-order valence-electron chi connectivity index (χ4n) is 6.06. The summed E-state index contributed by atoms with van der Waals surface area (Å²) >= 11 is 0. The number of esters is 1. The highest BCUT2D eigenvalue weighted by Gasteiger charge is 2.56. The zero-order valence-electron chi connectivity index (χ0n) is 25.8. The number of hydrogen-bond donors (Lipinski definition) is 2. The van der Waals surface area contributed by atoms with Crippen LogP contribution in [0.15, 0.2) is 42.5 Å². The van der Waals surface area contributed by atoms with Crippen LogP contribution < -0.4 is 4.74 Å². The number of halogens is 5. The molecule has 11 heteroatoms. The second-order valence-electron chi connectivity index (χ2n) is 12.1. The van der Waals surface area contributed by atoms with Gasteiger partial charge in [-0.3, -0.25) is 9.59 Å². The summed E-state index contributed by atoms with van der Waals surface area (Å²) in [6.45, 7) is 4.06. The van der Waals surface area contributed by atoms with E-state index in [0.717, 1.165) is 43.2 Å². The van der Waals surface area contributed by atoms with Crippen molar-refractivity contribution in [2.45, 2.75) is 108 Å². The molecule has 2 aromatic rings. The number of Topliss-reactive ketones (excluding diaryl/α,β-unsaturated/α-hetero) is 1. The second-order valence-corrected chi connectivity index (χ2v) is 12.1. The summed E-state index contributed by atoms with van der Waals surface area (Å²) in [5.41, 5.74) is 1.71. The van der Waals surface area contributed by atoms with Crippen LogP contribution in [-0.2, 0) is 19.7 Å². The maximum Gasteiger partial charge on any atom is 0.453 e. The standard InChI is InChI=1S/C34H43F5O6/c1-3-44-31(43)27(11-10-20-33(35,36)34(37,38)39)29(42)13-9-7-5-4-6-8-12-28-26-19-18-25(41)21-30(26)45-22-32(28,2)23-14-16-24(40)17-15-23/h14-19,21,27-28,40-41H,3-13,20,22H2,1-2H3. The number of phenolic OH excluding ortho intramolecular Hbond substituents is 2. The molecule has 0 radical (unpaired) electrons. The summed E-state index contributed by atoms with van der Waals surface area (Å²) in [4.78, 5) is 24.9. The Hall–Kier alpha value is -3.37. The molecule has 45 heavy (non-hydrogen) atoms. The average molecular weight is 643 g/mol. The first-order valence-electron chi connectivity index (χ1n) is 15.6. The van der Waals surface area contributed by atoms with E-state index in [1.54, 1.807) is 24.3 Å². The van der Waals surface area contributed by atoms with E-state index in [9.17, 15) is 41.8 Å². The van der Waals surface area contributed by atoms with Crippen LogP contribution in [0.5, 0.6) is 17.2 Å². The molecule has 3 rings (SSSR count). The van der Waals surface area contributed by atoms with E-state index in [-0.39, 0.29) is 35.9 Å². The molecule has 0 fully saturated rings. The summed E-state index contributed by atoms with van der Waals surface area (Å²) in [7, 11) is 0. The van der Waals surface area contributed by atoms with Gasteiger partial charge >= 0.3 is 18.1 Å². The van der Waals surface area contributed by atoms with Gasteiger partial charge < -0.3 is 19.7 Å². The highest BCUT2D eigenvalue weighted by atomic mass is 19.4. The number of fused-ring (bicyclic) bond motifs is 1. The molecule has 0 aliphatic carbocycles. The van der Waals surface area contributed by atoms with E-state index in [0.29, 0.717) is 25.2 Å². The van der Waals surface area contributed by atoms with Crippen LogP contribution in [0.1, 0.15) is 102 Å². The van der Waals surface area contributed by atoms with Gasteiger partial charge in [-0.25, -0.2) is 0 Å². The predicted molar refractivity (Wildman–Crippen MR) is 159 cm³/mol. The molecule has 0 spiro atoms. The molecule has 1 aliphatic rings. The van der Waals surface area contributed by atoms with E-state index in [2.05, 4.69) is 6.92 Å². The number of aromatic hydroxyl groups is 2. The maximum atomic E-state index is 13.3. The van der Waals surface area contributed by atoms with Gasteiger partial charge in [-0.2, -0.15) is 22.0 Å². The Kier molecular flexibility index (Phi) is 12.6. The van der Waals surface area contributed by atoms with Crippen LogP contribution in [0, 0.1) is 5.92 Å². The summed E-state index contributed by atoms with van der Waals surface area (Å²) in [6.07, 6.45) is -2.55. The molecule has 0 amide bonds. The highest BCUT2D eigenvalue weighted by molar-refractivity contribution is 5.98. The topological polar surface area (TPSA) is 93.1 Å². The molecule has 0 aromatic heterocycles. The van der Waals surface area contributed by atoms with Gasteiger partial charge in [0.25, 0.3) is 0 Å². The van der Waals surface area contributed by atoms with Gasteiger partial charge in [-0.05, 0) is 61.9 Å². The minimum absolute atomic E-state index is 0.0236. The van der Waals surface area contributed by atoms with Crippen molar-refractivity contribution >= 4 is 11.8 Å². The average Bonchev–Trinajstić information content (AvgIpc) is 2.97. The van der Waals surface area contributed by atoms with Crippen molar-refractivity contribution in [1.82, 2.24) is 0 Å². The zero-order chi connectivity index (χ0) is 33.3. The van der Waals surface area contributed by atoms with Crippen molar-refractivity contribution in [3.63, 3.8) is 0 Å². The summed E-state index contributed by atoms with van der Waals surface area (Å²) in [5, 5.41) is 19.7. The number of ketones is 1. The lowest BCUT2D eigenvalue weighted by molar-refractivity contribution is -0.284. The number of ether oxygens (including phenoxy) is 2. The molecule has 2 aromatic carbocycles. The molecule has 250 valence electrons. The smallest absolute Gasteiger partial charge is 0.453 e. The Balaban J connectivity index is 1.47. The van der Waals surface area contributed by atoms with Crippen LogP contribution in [-0.4, -0.2) is 47.3 Å². The third-order valence-electron chi connectivity index (χ3n) is 8.72. The number of benzene rings is 2. The van der Waals surface area contributed by atoms with Gasteiger partial charge in [-0.15, -0.1) is 0 Å². The van der Waals surface area contributed by atoms with Crippen molar-refractivity contribution < 1.29 is 51.2 Å². The van der Waals surface area contributed by atoms with Gasteiger partial charge in [0, 0.05) is 30.2 Å².